The van der Waals surface area contributed by atoms with Crippen molar-refractivity contribution in [1.82, 2.24) is 14.7 Å². The van der Waals surface area contributed by atoms with E-state index in [2.05, 4.69) is 6.58 Å². The first-order chi connectivity index (χ1) is 14.6. The van der Waals surface area contributed by atoms with Gasteiger partial charge in [-0.05, 0) is 42.5 Å². The molecular weight excluding hydrogens is 414 g/mol. The van der Waals surface area contributed by atoms with Crippen LogP contribution in [-0.2, 0) is 4.79 Å². The van der Waals surface area contributed by atoms with Crippen LogP contribution >= 0.6 is 24.0 Å². The van der Waals surface area contributed by atoms with Crippen LogP contribution in [-0.4, -0.2) is 38.6 Å². The number of rotatable bonds is 6. The molecule has 7 heteroatoms. The number of benzene rings is 2. The maximum absolute atomic E-state index is 12.5. The summed E-state index contributed by atoms with van der Waals surface area (Å²) >= 11 is 6.55. The minimum atomic E-state index is -0.100. The zero-order valence-electron chi connectivity index (χ0n) is 16.3. The summed E-state index contributed by atoms with van der Waals surface area (Å²) in [6, 6.07) is 17.6. The normalized spacial score (nSPS) is 15.1. The third kappa shape index (κ3) is 4.08. The summed E-state index contributed by atoms with van der Waals surface area (Å²) < 4.78 is 7.94. The third-order valence-electron chi connectivity index (χ3n) is 4.53. The van der Waals surface area contributed by atoms with Gasteiger partial charge in [-0.2, -0.15) is 5.10 Å². The number of aromatic nitrogens is 2. The Kier molecular flexibility index (Phi) is 5.83. The monoisotopic (exact) mass is 433 g/mol. The summed E-state index contributed by atoms with van der Waals surface area (Å²) in [5, 5.41) is 4.80. The fourth-order valence-electron chi connectivity index (χ4n) is 2.98. The molecular formula is C23H19N3O2S2. The van der Waals surface area contributed by atoms with Crippen LogP contribution in [0.2, 0.25) is 0 Å². The van der Waals surface area contributed by atoms with Gasteiger partial charge < -0.3 is 4.74 Å². The van der Waals surface area contributed by atoms with Gasteiger partial charge in [0.05, 0.1) is 16.3 Å². The number of carbonyl (C=O) groups is 1. The van der Waals surface area contributed by atoms with Crippen LogP contribution in [0.4, 0.5) is 0 Å². The van der Waals surface area contributed by atoms with E-state index in [1.807, 2.05) is 71.6 Å². The second-order valence-electron chi connectivity index (χ2n) is 6.58. The third-order valence-corrected chi connectivity index (χ3v) is 6.02. The summed E-state index contributed by atoms with van der Waals surface area (Å²) in [5.41, 5.74) is 3.48. The van der Waals surface area contributed by atoms with Crippen molar-refractivity contribution in [2.75, 3.05) is 13.7 Å². The van der Waals surface area contributed by atoms with E-state index in [1.54, 1.807) is 13.1 Å². The maximum Gasteiger partial charge on any atom is 0.265 e. The summed E-state index contributed by atoms with van der Waals surface area (Å²) in [6.45, 7) is 4.11. The molecule has 1 amide bonds. The topological polar surface area (TPSA) is 47.4 Å². The Morgan fingerprint density at radius 1 is 1.17 bits per heavy atom. The van der Waals surface area contributed by atoms with Gasteiger partial charge in [0.25, 0.3) is 5.91 Å². The predicted octanol–water partition coefficient (Wildman–Crippen LogP) is 4.94. The second kappa shape index (κ2) is 8.69. The summed E-state index contributed by atoms with van der Waals surface area (Å²) in [6.07, 6.45) is 5.49. The number of hydrogen-bond donors (Lipinski definition) is 0. The van der Waals surface area contributed by atoms with Gasteiger partial charge in [-0.1, -0.05) is 54.8 Å². The van der Waals surface area contributed by atoms with Crippen molar-refractivity contribution >= 4 is 40.3 Å². The number of nitrogens with zero attached hydrogens (tertiary/aromatic N) is 3. The summed E-state index contributed by atoms with van der Waals surface area (Å²) in [7, 11) is 1.69. The molecule has 1 aliphatic heterocycles. The van der Waals surface area contributed by atoms with Gasteiger partial charge in [-0.15, -0.1) is 0 Å². The Morgan fingerprint density at radius 2 is 1.90 bits per heavy atom. The largest absolute Gasteiger partial charge is 0.490 e. The number of carbonyl (C=O) groups excluding carboxylic acids is 1. The van der Waals surface area contributed by atoms with Crippen molar-refractivity contribution in [3.63, 3.8) is 0 Å². The molecule has 0 bridgehead atoms. The molecule has 2 heterocycles. The lowest BCUT2D eigenvalue weighted by atomic mass is 10.1. The molecule has 1 fully saturated rings. The van der Waals surface area contributed by atoms with Crippen molar-refractivity contribution in [3.8, 4) is 22.7 Å². The van der Waals surface area contributed by atoms with Crippen LogP contribution in [0.5, 0.6) is 5.75 Å². The number of ether oxygens (including phenoxy) is 1. The first kappa shape index (κ1) is 20.1. The first-order valence-corrected chi connectivity index (χ1v) is 10.5. The Bertz CT molecular complexity index is 1140. The Morgan fingerprint density at radius 3 is 2.53 bits per heavy atom. The van der Waals surface area contributed by atoms with Crippen LogP contribution in [0.15, 0.2) is 78.4 Å². The minimum Gasteiger partial charge on any atom is -0.490 e. The van der Waals surface area contributed by atoms with Crippen molar-refractivity contribution in [2.45, 2.75) is 0 Å². The number of likely N-dealkylation sites (N-methyl/N-ethyl adjacent to an activating group) is 1. The van der Waals surface area contributed by atoms with E-state index in [-0.39, 0.29) is 5.91 Å². The number of thiocarbonyl (C=S) groups is 1. The highest BCUT2D eigenvalue weighted by molar-refractivity contribution is 8.26. The fourth-order valence-corrected chi connectivity index (χ4v) is 4.15. The van der Waals surface area contributed by atoms with Crippen LogP contribution < -0.4 is 4.74 Å². The fraction of sp³-hybridized carbons (Fsp3) is 0.0870. The van der Waals surface area contributed by atoms with E-state index in [4.69, 9.17) is 22.1 Å². The summed E-state index contributed by atoms with van der Waals surface area (Å²) in [5.74, 6) is 0.658. The lowest BCUT2D eigenvalue weighted by Crippen LogP contribution is -2.22. The smallest absolute Gasteiger partial charge is 0.265 e. The molecule has 2 aromatic carbocycles. The molecule has 0 radical (unpaired) electrons. The second-order valence-corrected chi connectivity index (χ2v) is 8.25. The lowest BCUT2D eigenvalue weighted by Gasteiger charge is -2.05. The zero-order chi connectivity index (χ0) is 21.1. The molecule has 30 heavy (non-hydrogen) atoms. The van der Waals surface area contributed by atoms with Crippen molar-refractivity contribution in [3.05, 3.63) is 83.9 Å². The molecule has 0 aliphatic carbocycles. The molecule has 1 aromatic heterocycles. The molecule has 4 rings (SSSR count). The molecule has 150 valence electrons. The quantitative estimate of drug-likeness (QED) is 0.313. The molecule has 0 saturated carbocycles. The van der Waals surface area contributed by atoms with E-state index < -0.39 is 0 Å². The standard InChI is InChI=1S/C23H19N3O2S2/c1-3-13-28-19-11-9-16(10-12-19)21-17(14-20-22(27)25(2)23(29)30-20)15-26(24-21)18-7-5-4-6-8-18/h3-12,14-15H,1,13H2,2H3/b20-14-. The van der Waals surface area contributed by atoms with E-state index in [0.717, 1.165) is 28.3 Å². The first-order valence-electron chi connectivity index (χ1n) is 9.27. The maximum atomic E-state index is 12.5. The minimum absolute atomic E-state index is 0.100. The predicted molar refractivity (Wildman–Crippen MR) is 126 cm³/mol. The Balaban J connectivity index is 1.76. The van der Waals surface area contributed by atoms with Crippen molar-refractivity contribution in [1.29, 1.82) is 0 Å². The van der Waals surface area contributed by atoms with Crippen molar-refractivity contribution in [2.24, 2.45) is 0 Å². The van der Waals surface area contributed by atoms with E-state index >= 15 is 0 Å². The van der Waals surface area contributed by atoms with E-state index in [1.165, 1.54) is 16.7 Å². The van der Waals surface area contributed by atoms with E-state index in [0.29, 0.717) is 15.8 Å². The molecule has 0 unspecified atom stereocenters. The number of hydrogen-bond acceptors (Lipinski definition) is 5. The van der Waals surface area contributed by atoms with E-state index in [9.17, 15) is 4.79 Å². The molecule has 1 aliphatic rings. The van der Waals surface area contributed by atoms with Gasteiger partial charge in [0, 0.05) is 24.4 Å². The summed E-state index contributed by atoms with van der Waals surface area (Å²) in [4.78, 5) is 14.6. The van der Waals surface area contributed by atoms with Gasteiger partial charge in [-0.25, -0.2) is 4.68 Å². The molecule has 0 N–H and O–H groups in total. The Hall–Kier alpha value is -3.16. The van der Waals surface area contributed by atoms with Gasteiger partial charge in [0.2, 0.25) is 0 Å². The number of thioether (sulfide) groups is 1. The van der Waals surface area contributed by atoms with Crippen LogP contribution in [0.25, 0.3) is 23.0 Å². The molecule has 5 nitrogen and oxygen atoms in total. The Labute approximate surface area is 184 Å². The van der Waals surface area contributed by atoms with Gasteiger partial charge in [-0.3, -0.25) is 9.69 Å². The van der Waals surface area contributed by atoms with Crippen LogP contribution in [0.1, 0.15) is 5.56 Å². The van der Waals surface area contributed by atoms with Gasteiger partial charge in [0.1, 0.15) is 16.7 Å². The van der Waals surface area contributed by atoms with Crippen molar-refractivity contribution < 1.29 is 9.53 Å². The lowest BCUT2D eigenvalue weighted by molar-refractivity contribution is -0.121. The highest BCUT2D eigenvalue weighted by atomic mass is 32.2. The highest BCUT2D eigenvalue weighted by Crippen LogP contribution is 2.34. The van der Waals surface area contributed by atoms with Gasteiger partial charge in [0.15, 0.2) is 0 Å². The highest BCUT2D eigenvalue weighted by Gasteiger charge is 2.29. The van der Waals surface area contributed by atoms with Crippen LogP contribution in [0.3, 0.4) is 0 Å². The molecule has 3 aromatic rings. The average molecular weight is 434 g/mol. The SMILES string of the molecule is C=CCOc1ccc(-c2nn(-c3ccccc3)cc2/C=C2\SC(=S)N(C)C2=O)cc1. The number of amides is 1. The average Bonchev–Trinajstić information content (AvgIpc) is 3.30. The zero-order valence-corrected chi connectivity index (χ0v) is 18.0. The molecule has 1 saturated heterocycles. The van der Waals surface area contributed by atoms with Gasteiger partial charge >= 0.3 is 0 Å². The molecule has 0 atom stereocenters. The molecule has 0 spiro atoms. The van der Waals surface area contributed by atoms with Crippen LogP contribution in [0, 0.1) is 0 Å². The number of para-hydroxylation sites is 1.